The first-order chi connectivity index (χ1) is 6.70. The maximum absolute atomic E-state index is 11.1. The van der Waals surface area contributed by atoms with Crippen molar-refractivity contribution in [3.05, 3.63) is 0 Å². The number of hydrogen-bond donors (Lipinski definition) is 1. The Morgan fingerprint density at radius 3 is 2.86 bits per heavy atom. The van der Waals surface area contributed by atoms with Crippen molar-refractivity contribution in [1.29, 1.82) is 0 Å². The zero-order valence-corrected chi connectivity index (χ0v) is 9.21. The first-order valence-corrected chi connectivity index (χ1v) is 5.60. The van der Waals surface area contributed by atoms with Crippen molar-refractivity contribution in [2.45, 2.75) is 45.6 Å². The predicted molar refractivity (Wildman–Crippen MR) is 56.1 cm³/mol. The van der Waals surface area contributed by atoms with Crippen LogP contribution < -0.4 is 5.32 Å². The van der Waals surface area contributed by atoms with Crippen LogP contribution in [0.1, 0.15) is 39.5 Å². The summed E-state index contributed by atoms with van der Waals surface area (Å²) in [4.78, 5) is 11.1. The number of piperidine rings is 1. The topological polar surface area (TPSA) is 38.3 Å². The SMILES string of the molecule is CC(C)C(=O)OCCC1CCCCN1. The van der Waals surface area contributed by atoms with Crippen LogP contribution in [0, 0.1) is 5.92 Å². The standard InChI is InChI=1S/C11H21NO2/c1-9(2)11(13)14-8-6-10-5-3-4-7-12-10/h9-10,12H,3-8H2,1-2H3. The van der Waals surface area contributed by atoms with E-state index in [1.165, 1.54) is 19.3 Å². The second kappa shape index (κ2) is 6.02. The van der Waals surface area contributed by atoms with Crippen LogP contribution in [-0.2, 0) is 9.53 Å². The van der Waals surface area contributed by atoms with Gasteiger partial charge < -0.3 is 10.1 Å². The van der Waals surface area contributed by atoms with Gasteiger partial charge >= 0.3 is 5.97 Å². The number of nitrogens with one attached hydrogen (secondary N) is 1. The summed E-state index contributed by atoms with van der Waals surface area (Å²) >= 11 is 0. The fraction of sp³-hybridized carbons (Fsp3) is 0.909. The predicted octanol–water partition coefficient (Wildman–Crippen LogP) is 1.72. The summed E-state index contributed by atoms with van der Waals surface area (Å²) < 4.78 is 5.13. The van der Waals surface area contributed by atoms with Gasteiger partial charge in [-0.3, -0.25) is 4.79 Å². The van der Waals surface area contributed by atoms with Gasteiger partial charge in [-0.15, -0.1) is 0 Å². The van der Waals surface area contributed by atoms with Crippen molar-refractivity contribution in [1.82, 2.24) is 5.32 Å². The molecular formula is C11H21NO2. The lowest BCUT2D eigenvalue weighted by atomic mass is 10.0. The van der Waals surface area contributed by atoms with Crippen LogP contribution in [0.5, 0.6) is 0 Å². The minimum Gasteiger partial charge on any atom is -0.465 e. The van der Waals surface area contributed by atoms with Gasteiger partial charge in [0.05, 0.1) is 12.5 Å². The Balaban J connectivity index is 2.05. The van der Waals surface area contributed by atoms with Crippen LogP contribution in [0.2, 0.25) is 0 Å². The van der Waals surface area contributed by atoms with E-state index >= 15 is 0 Å². The fourth-order valence-electron chi connectivity index (χ4n) is 1.64. The Labute approximate surface area is 86.2 Å². The highest BCUT2D eigenvalue weighted by molar-refractivity contribution is 5.71. The van der Waals surface area contributed by atoms with Gasteiger partial charge in [0.15, 0.2) is 0 Å². The van der Waals surface area contributed by atoms with E-state index in [0.717, 1.165) is 13.0 Å². The van der Waals surface area contributed by atoms with Gasteiger partial charge in [0, 0.05) is 6.04 Å². The van der Waals surface area contributed by atoms with Crippen molar-refractivity contribution in [2.75, 3.05) is 13.2 Å². The smallest absolute Gasteiger partial charge is 0.308 e. The fourth-order valence-corrected chi connectivity index (χ4v) is 1.64. The minimum atomic E-state index is -0.0826. The Morgan fingerprint density at radius 2 is 2.29 bits per heavy atom. The van der Waals surface area contributed by atoms with Gasteiger partial charge in [0.25, 0.3) is 0 Å². The van der Waals surface area contributed by atoms with E-state index in [1.807, 2.05) is 13.8 Å². The molecule has 1 unspecified atom stereocenters. The summed E-state index contributed by atoms with van der Waals surface area (Å²) in [7, 11) is 0. The van der Waals surface area contributed by atoms with Crippen LogP contribution >= 0.6 is 0 Å². The molecule has 1 rings (SSSR count). The van der Waals surface area contributed by atoms with Crippen LogP contribution in [-0.4, -0.2) is 25.2 Å². The molecule has 1 fully saturated rings. The van der Waals surface area contributed by atoms with Crippen molar-refractivity contribution < 1.29 is 9.53 Å². The van der Waals surface area contributed by atoms with Crippen molar-refractivity contribution in [3.63, 3.8) is 0 Å². The van der Waals surface area contributed by atoms with Gasteiger partial charge in [-0.05, 0) is 25.8 Å². The van der Waals surface area contributed by atoms with Crippen molar-refractivity contribution >= 4 is 5.97 Å². The van der Waals surface area contributed by atoms with E-state index in [4.69, 9.17) is 4.74 Å². The summed E-state index contributed by atoms with van der Waals surface area (Å²) in [6.45, 7) is 5.40. The third-order valence-electron chi connectivity index (χ3n) is 2.59. The molecule has 1 aliphatic heterocycles. The zero-order valence-electron chi connectivity index (χ0n) is 9.21. The molecule has 1 N–H and O–H groups in total. The molecule has 82 valence electrons. The third kappa shape index (κ3) is 4.09. The van der Waals surface area contributed by atoms with Crippen LogP contribution in [0.15, 0.2) is 0 Å². The largest absolute Gasteiger partial charge is 0.465 e. The summed E-state index contributed by atoms with van der Waals surface area (Å²) in [6, 6.07) is 0.559. The molecule has 0 radical (unpaired) electrons. The zero-order chi connectivity index (χ0) is 10.4. The van der Waals surface area contributed by atoms with E-state index in [1.54, 1.807) is 0 Å². The van der Waals surface area contributed by atoms with Gasteiger partial charge in [-0.25, -0.2) is 0 Å². The molecule has 1 saturated heterocycles. The Bertz CT molecular complexity index is 174. The molecule has 14 heavy (non-hydrogen) atoms. The third-order valence-corrected chi connectivity index (χ3v) is 2.59. The Hall–Kier alpha value is -0.570. The van der Waals surface area contributed by atoms with Crippen molar-refractivity contribution in [3.8, 4) is 0 Å². The summed E-state index contributed by atoms with van der Waals surface area (Å²) in [5.74, 6) is -0.0878. The number of rotatable bonds is 4. The number of carbonyl (C=O) groups is 1. The van der Waals surface area contributed by atoms with Crippen LogP contribution in [0.4, 0.5) is 0 Å². The molecule has 1 atom stereocenters. The first-order valence-electron chi connectivity index (χ1n) is 5.60. The normalized spacial score (nSPS) is 22.4. The number of ether oxygens (including phenoxy) is 1. The van der Waals surface area contributed by atoms with Gasteiger partial charge in [-0.2, -0.15) is 0 Å². The molecule has 0 bridgehead atoms. The molecule has 0 aliphatic carbocycles. The molecule has 0 saturated carbocycles. The maximum atomic E-state index is 11.1. The number of esters is 1. The van der Waals surface area contributed by atoms with E-state index in [0.29, 0.717) is 12.6 Å². The highest BCUT2D eigenvalue weighted by Crippen LogP contribution is 2.10. The summed E-state index contributed by atoms with van der Waals surface area (Å²) in [6.07, 6.45) is 4.76. The molecule has 1 heterocycles. The molecule has 0 spiro atoms. The highest BCUT2D eigenvalue weighted by atomic mass is 16.5. The number of hydrogen-bond acceptors (Lipinski definition) is 3. The molecule has 3 heteroatoms. The van der Waals surface area contributed by atoms with Gasteiger partial charge in [0.2, 0.25) is 0 Å². The van der Waals surface area contributed by atoms with Gasteiger partial charge in [0.1, 0.15) is 0 Å². The van der Waals surface area contributed by atoms with E-state index in [-0.39, 0.29) is 11.9 Å². The Kier molecular flexibility index (Phi) is 4.94. The quantitative estimate of drug-likeness (QED) is 0.701. The first kappa shape index (κ1) is 11.5. The lowest BCUT2D eigenvalue weighted by Crippen LogP contribution is -2.35. The molecule has 3 nitrogen and oxygen atoms in total. The van der Waals surface area contributed by atoms with Crippen LogP contribution in [0.3, 0.4) is 0 Å². The molecule has 0 aromatic rings. The maximum Gasteiger partial charge on any atom is 0.308 e. The highest BCUT2D eigenvalue weighted by Gasteiger charge is 2.13. The summed E-state index contributed by atoms with van der Waals surface area (Å²) in [5, 5.41) is 3.43. The van der Waals surface area contributed by atoms with E-state index in [2.05, 4.69) is 5.32 Å². The van der Waals surface area contributed by atoms with Crippen LogP contribution in [0.25, 0.3) is 0 Å². The average Bonchev–Trinajstić information content (AvgIpc) is 2.19. The number of carbonyl (C=O) groups excluding carboxylic acids is 1. The average molecular weight is 199 g/mol. The monoisotopic (exact) mass is 199 g/mol. The minimum absolute atomic E-state index is 0.00526. The molecule has 0 aromatic carbocycles. The second-order valence-corrected chi connectivity index (χ2v) is 4.26. The molecule has 0 aromatic heterocycles. The lowest BCUT2D eigenvalue weighted by Gasteiger charge is -2.23. The van der Waals surface area contributed by atoms with E-state index in [9.17, 15) is 4.79 Å². The lowest BCUT2D eigenvalue weighted by molar-refractivity contribution is -0.147. The van der Waals surface area contributed by atoms with E-state index < -0.39 is 0 Å². The molecule has 0 amide bonds. The summed E-state index contributed by atoms with van der Waals surface area (Å²) in [5.41, 5.74) is 0. The Morgan fingerprint density at radius 1 is 1.50 bits per heavy atom. The second-order valence-electron chi connectivity index (χ2n) is 4.26. The molecular weight excluding hydrogens is 178 g/mol. The van der Waals surface area contributed by atoms with Crippen molar-refractivity contribution in [2.24, 2.45) is 5.92 Å². The molecule has 1 aliphatic rings. The van der Waals surface area contributed by atoms with Gasteiger partial charge in [-0.1, -0.05) is 20.3 Å².